The molecule has 0 aromatic carbocycles. The van der Waals surface area contributed by atoms with E-state index in [-0.39, 0.29) is 25.3 Å². The second-order valence-electron chi connectivity index (χ2n) is 18.6. The van der Waals surface area contributed by atoms with Gasteiger partial charge in [-0.05, 0) is 77.0 Å². The van der Waals surface area contributed by atoms with Crippen molar-refractivity contribution in [2.45, 2.75) is 160 Å². The van der Waals surface area contributed by atoms with Crippen molar-refractivity contribution >= 4 is 23.9 Å². The van der Waals surface area contributed by atoms with E-state index in [0.717, 1.165) is 6.42 Å². The summed E-state index contributed by atoms with van der Waals surface area (Å²) >= 11 is 0. The highest BCUT2D eigenvalue weighted by molar-refractivity contribution is 5.87. The van der Waals surface area contributed by atoms with Gasteiger partial charge in [-0.2, -0.15) is 0 Å². The highest BCUT2D eigenvalue weighted by atomic mass is 16.7. The van der Waals surface area contributed by atoms with E-state index >= 15 is 0 Å². The number of rotatable bonds is 7. The molecule has 308 valence electrons. The number of carbonyl (C=O) groups excluding carboxylic acids is 4. The van der Waals surface area contributed by atoms with E-state index < -0.39 is 118 Å². The van der Waals surface area contributed by atoms with Crippen LogP contribution in [0.25, 0.3) is 0 Å². The van der Waals surface area contributed by atoms with Gasteiger partial charge >= 0.3 is 23.9 Å². The minimum Gasteiger partial charge on any atom is -0.458 e. The standard InChI is InChI=1S/C41H61NO13/c1-10-20(4)35(46)53-27-14-15-37(8)32-30(51-22(6)43)31(52-23(7)44)33-39(37,55-41(27,32)50)16-25-24-18-42-17-19(3)12-13-26(42)38(9,48)28(24)29(45)34(40(25,33)49)54-36(47)21(5)11-2/h10,19,21,24-34,45,48-50H,11-18H2,1-9H3. The van der Waals surface area contributed by atoms with Gasteiger partial charge in [0.15, 0.2) is 12.2 Å². The molecule has 1 spiro atoms. The van der Waals surface area contributed by atoms with Gasteiger partial charge in [-0.15, -0.1) is 0 Å². The third-order valence-corrected chi connectivity index (χ3v) is 15.6. The Bertz CT molecular complexity index is 1630. The van der Waals surface area contributed by atoms with E-state index in [4.69, 9.17) is 23.7 Å². The van der Waals surface area contributed by atoms with Crippen LogP contribution in [0.4, 0.5) is 0 Å². The molecule has 14 nitrogen and oxygen atoms in total. The van der Waals surface area contributed by atoms with Crippen molar-refractivity contribution < 1.29 is 63.3 Å². The zero-order valence-corrected chi connectivity index (χ0v) is 33.7. The summed E-state index contributed by atoms with van der Waals surface area (Å²) in [5.41, 5.74) is -5.99. The predicted molar refractivity (Wildman–Crippen MR) is 193 cm³/mol. The Morgan fingerprint density at radius 1 is 0.927 bits per heavy atom. The number of aliphatic hydroxyl groups excluding tert-OH is 1. The van der Waals surface area contributed by atoms with E-state index in [1.807, 2.05) is 13.8 Å². The molecule has 0 amide bonds. The Morgan fingerprint density at radius 2 is 1.56 bits per heavy atom. The van der Waals surface area contributed by atoms with Gasteiger partial charge in [-0.25, -0.2) is 4.79 Å². The summed E-state index contributed by atoms with van der Waals surface area (Å²) in [4.78, 5) is 55.4. The second-order valence-corrected chi connectivity index (χ2v) is 18.6. The fourth-order valence-electron chi connectivity index (χ4n) is 13.1. The average molecular weight is 776 g/mol. The van der Waals surface area contributed by atoms with Crippen molar-refractivity contribution in [3.05, 3.63) is 11.6 Å². The molecular weight excluding hydrogens is 714 g/mol. The summed E-state index contributed by atoms with van der Waals surface area (Å²) in [6, 6.07) is -0.290. The Kier molecular flexibility index (Phi) is 9.94. The first kappa shape index (κ1) is 40.6. The first-order valence-electron chi connectivity index (χ1n) is 20.3. The third-order valence-electron chi connectivity index (χ3n) is 15.6. The van der Waals surface area contributed by atoms with E-state index in [0.29, 0.717) is 37.4 Å². The van der Waals surface area contributed by atoms with Crippen molar-refractivity contribution in [3.8, 4) is 0 Å². The van der Waals surface area contributed by atoms with Crippen LogP contribution in [0.2, 0.25) is 0 Å². The molecule has 7 aliphatic rings. The van der Waals surface area contributed by atoms with Crippen molar-refractivity contribution in [2.75, 3.05) is 13.1 Å². The number of ether oxygens (including phenoxy) is 5. The van der Waals surface area contributed by atoms with Gasteiger partial charge in [0, 0.05) is 49.9 Å². The number of hydrogen-bond donors (Lipinski definition) is 4. The fraction of sp³-hybridized carbons (Fsp3) is 0.854. The van der Waals surface area contributed by atoms with Gasteiger partial charge in [-0.1, -0.05) is 33.8 Å². The maximum absolute atomic E-state index is 13.9. The lowest BCUT2D eigenvalue weighted by molar-refractivity contribution is -0.301. The molecule has 18 atom stereocenters. The Morgan fingerprint density at radius 3 is 2.16 bits per heavy atom. The summed E-state index contributed by atoms with van der Waals surface area (Å²) in [6.07, 6.45) is -3.19. The lowest BCUT2D eigenvalue weighted by atomic mass is 9.48. The minimum atomic E-state index is -2.28. The van der Waals surface area contributed by atoms with Gasteiger partial charge in [-0.3, -0.25) is 19.3 Å². The number of fused-ring (bicyclic) bond motifs is 5. The second kappa shape index (κ2) is 13.5. The Hall–Kier alpha value is -2.62. The van der Waals surface area contributed by atoms with E-state index in [9.17, 15) is 39.6 Å². The van der Waals surface area contributed by atoms with Crippen molar-refractivity contribution in [1.82, 2.24) is 4.90 Å². The van der Waals surface area contributed by atoms with Crippen LogP contribution < -0.4 is 0 Å². The van der Waals surface area contributed by atoms with Crippen LogP contribution >= 0.6 is 0 Å². The molecule has 4 aliphatic carbocycles. The maximum Gasteiger partial charge on any atom is 0.333 e. The number of esters is 4. The lowest BCUT2D eigenvalue weighted by Crippen LogP contribution is -2.78. The summed E-state index contributed by atoms with van der Waals surface area (Å²) in [5.74, 6) is -10.0. The molecular formula is C41H61NO13. The Labute approximate surface area is 323 Å². The van der Waals surface area contributed by atoms with Crippen molar-refractivity contribution in [1.29, 1.82) is 0 Å². The molecule has 0 aromatic rings. The van der Waals surface area contributed by atoms with E-state index in [1.54, 1.807) is 33.8 Å². The summed E-state index contributed by atoms with van der Waals surface area (Å²) < 4.78 is 31.4. The number of aliphatic hydroxyl groups is 4. The molecule has 4 bridgehead atoms. The van der Waals surface area contributed by atoms with Crippen LogP contribution in [-0.2, 0) is 42.9 Å². The summed E-state index contributed by atoms with van der Waals surface area (Å²) in [6.45, 7) is 16.1. The number of hydrogen-bond acceptors (Lipinski definition) is 14. The molecule has 0 radical (unpaired) electrons. The summed E-state index contributed by atoms with van der Waals surface area (Å²) in [7, 11) is 0. The monoisotopic (exact) mass is 775 g/mol. The van der Waals surface area contributed by atoms with Crippen molar-refractivity contribution in [3.63, 3.8) is 0 Å². The largest absolute Gasteiger partial charge is 0.458 e. The van der Waals surface area contributed by atoms with Crippen LogP contribution in [-0.4, -0.2) is 121 Å². The molecule has 4 saturated carbocycles. The first-order chi connectivity index (χ1) is 25.6. The smallest absolute Gasteiger partial charge is 0.333 e. The molecule has 14 heteroatoms. The highest BCUT2D eigenvalue weighted by Crippen LogP contribution is 2.78. The molecule has 3 aliphatic heterocycles. The number of piperidine rings is 2. The van der Waals surface area contributed by atoms with Crippen LogP contribution in [0.3, 0.4) is 0 Å². The zero-order chi connectivity index (χ0) is 40.4. The van der Waals surface area contributed by atoms with Gasteiger partial charge in [0.2, 0.25) is 5.79 Å². The molecule has 7 rings (SSSR count). The molecule has 18 unspecified atom stereocenters. The summed E-state index contributed by atoms with van der Waals surface area (Å²) in [5, 5.41) is 52.1. The SMILES string of the molecule is CC=C(C)C(=O)OC1CCC2(C)C3C(OC(C)=O)C(OC(C)=O)C4C5(O)C(CC42OC13O)C1CN2CC(C)CCC2C(C)(O)C1C(O)C5OC(=O)C(C)CC. The highest BCUT2D eigenvalue weighted by Gasteiger charge is 2.90. The van der Waals surface area contributed by atoms with Gasteiger partial charge < -0.3 is 44.1 Å². The average Bonchev–Trinajstić information content (AvgIpc) is 3.40. The fourth-order valence-corrected chi connectivity index (χ4v) is 13.1. The van der Waals surface area contributed by atoms with Crippen LogP contribution in [0, 0.1) is 46.8 Å². The first-order valence-corrected chi connectivity index (χ1v) is 20.3. The predicted octanol–water partition coefficient (Wildman–Crippen LogP) is 2.41. The Balaban J connectivity index is 1.46. The van der Waals surface area contributed by atoms with Gasteiger partial charge in [0.25, 0.3) is 0 Å². The molecule has 55 heavy (non-hydrogen) atoms. The van der Waals surface area contributed by atoms with Crippen molar-refractivity contribution in [2.24, 2.45) is 46.8 Å². The van der Waals surface area contributed by atoms with Crippen LogP contribution in [0.5, 0.6) is 0 Å². The molecule has 4 N–H and O–H groups in total. The van der Waals surface area contributed by atoms with E-state index in [1.165, 1.54) is 13.8 Å². The number of carbonyl (C=O) groups is 4. The normalized spacial score (nSPS) is 50.4. The molecule has 7 fully saturated rings. The van der Waals surface area contributed by atoms with Gasteiger partial charge in [0.05, 0.1) is 35.1 Å². The topological polar surface area (TPSA) is 199 Å². The lowest BCUT2D eigenvalue weighted by Gasteiger charge is -2.64. The van der Waals surface area contributed by atoms with E-state index in [2.05, 4.69) is 11.8 Å². The minimum absolute atomic E-state index is 0.0536. The zero-order valence-electron chi connectivity index (χ0n) is 33.7. The van der Waals surface area contributed by atoms with Gasteiger partial charge in [0.1, 0.15) is 17.8 Å². The molecule has 0 aromatic heterocycles. The number of nitrogens with zero attached hydrogens (tertiary/aromatic N) is 1. The number of allylic oxidation sites excluding steroid dienone is 1. The van der Waals surface area contributed by atoms with Crippen LogP contribution in [0.15, 0.2) is 11.6 Å². The molecule has 3 saturated heterocycles. The third kappa shape index (κ3) is 5.54. The quantitative estimate of drug-likeness (QED) is 0.167. The maximum atomic E-state index is 13.9. The molecule has 3 heterocycles. The van der Waals surface area contributed by atoms with Crippen LogP contribution in [0.1, 0.15) is 101 Å².